The van der Waals surface area contributed by atoms with Gasteiger partial charge in [-0.2, -0.15) is 13.2 Å². The minimum Gasteiger partial charge on any atom is -0.353 e. The molecule has 2 aliphatic heterocycles. The summed E-state index contributed by atoms with van der Waals surface area (Å²) < 4.78 is 38.2. The van der Waals surface area contributed by atoms with Gasteiger partial charge >= 0.3 is 12.2 Å². The number of alkyl halides is 3. The summed E-state index contributed by atoms with van der Waals surface area (Å²) in [5, 5.41) is 5.29. The van der Waals surface area contributed by atoms with E-state index in [-0.39, 0.29) is 24.4 Å². The molecule has 0 bridgehead atoms. The van der Waals surface area contributed by atoms with E-state index in [2.05, 4.69) is 20.2 Å². The number of halogens is 3. The number of piperidine rings is 1. The first-order valence-electron chi connectivity index (χ1n) is 12.9. The number of aromatic nitrogens is 2. The van der Waals surface area contributed by atoms with E-state index in [4.69, 9.17) is 0 Å². The maximum atomic E-state index is 13.1. The predicted molar refractivity (Wildman–Crippen MR) is 142 cm³/mol. The summed E-state index contributed by atoms with van der Waals surface area (Å²) in [7, 11) is 0. The number of rotatable bonds is 5. The van der Waals surface area contributed by atoms with Crippen LogP contribution in [-0.4, -0.2) is 71.0 Å². The van der Waals surface area contributed by atoms with Crippen molar-refractivity contribution in [2.45, 2.75) is 31.5 Å². The van der Waals surface area contributed by atoms with Crippen molar-refractivity contribution < 1.29 is 22.8 Å². The minimum absolute atomic E-state index is 0.0663. The monoisotopic (exact) mass is 558 g/mol. The third kappa shape index (κ3) is 6.49. The normalized spacial score (nSPS) is 16.8. The quantitative estimate of drug-likeness (QED) is 0.495. The Kier molecular flexibility index (Phi) is 8.01. The van der Waals surface area contributed by atoms with Crippen molar-refractivity contribution in [3.05, 3.63) is 75.9 Å². The molecule has 2 saturated heterocycles. The molecule has 0 radical (unpaired) electrons. The Balaban J connectivity index is 1.07. The number of nitrogens with one attached hydrogen (secondary N) is 1. The summed E-state index contributed by atoms with van der Waals surface area (Å²) >= 11 is 1.42. The number of carbonyl (C=O) groups is 2. The molecule has 3 aromatic rings. The van der Waals surface area contributed by atoms with E-state index in [1.807, 2.05) is 28.0 Å². The molecular weight excluding hydrogens is 529 g/mol. The average Bonchev–Trinajstić information content (AvgIpc) is 3.47. The lowest BCUT2D eigenvalue weighted by molar-refractivity contribution is -0.137. The molecule has 206 valence electrons. The first kappa shape index (κ1) is 26.9. The molecule has 2 aromatic heterocycles. The van der Waals surface area contributed by atoms with Crippen molar-refractivity contribution in [1.82, 2.24) is 25.1 Å². The Morgan fingerprint density at radius 1 is 0.949 bits per heavy atom. The number of likely N-dealkylation sites (tertiary alicyclic amines) is 1. The second-order valence-electron chi connectivity index (χ2n) is 9.65. The molecule has 2 fully saturated rings. The zero-order valence-corrected chi connectivity index (χ0v) is 22.0. The van der Waals surface area contributed by atoms with Gasteiger partial charge in [-0.25, -0.2) is 14.8 Å². The third-order valence-electron chi connectivity index (χ3n) is 7.13. The van der Waals surface area contributed by atoms with Gasteiger partial charge in [-0.1, -0.05) is 18.2 Å². The van der Waals surface area contributed by atoms with Crippen LogP contribution < -0.4 is 10.2 Å². The molecule has 1 aromatic carbocycles. The van der Waals surface area contributed by atoms with Gasteiger partial charge in [0.2, 0.25) is 0 Å². The maximum absolute atomic E-state index is 13.1. The van der Waals surface area contributed by atoms with Crippen LogP contribution in [0.4, 0.5) is 23.8 Å². The largest absolute Gasteiger partial charge is 0.416 e. The first-order valence-corrected chi connectivity index (χ1v) is 13.8. The summed E-state index contributed by atoms with van der Waals surface area (Å²) in [4.78, 5) is 40.6. The molecule has 3 amide bonds. The SMILES string of the molecule is O=C(NCc1ccc(C(F)(F)F)cc1)c1csc(C2CCN(C(=O)N3CCN(c4ccccn4)CC3)CC2)n1. The Hall–Kier alpha value is -3.67. The lowest BCUT2D eigenvalue weighted by Crippen LogP contribution is -2.54. The van der Waals surface area contributed by atoms with Gasteiger partial charge in [0.1, 0.15) is 11.5 Å². The number of urea groups is 1. The van der Waals surface area contributed by atoms with Crippen molar-refractivity contribution >= 4 is 29.1 Å². The molecule has 0 saturated carbocycles. The Morgan fingerprint density at radius 2 is 1.64 bits per heavy atom. The predicted octanol–water partition coefficient (Wildman–Crippen LogP) is 4.61. The topological polar surface area (TPSA) is 81.7 Å². The van der Waals surface area contributed by atoms with Crippen LogP contribution in [0.25, 0.3) is 0 Å². The van der Waals surface area contributed by atoms with Crippen molar-refractivity contribution in [2.75, 3.05) is 44.2 Å². The fraction of sp³-hybridized carbons (Fsp3) is 0.407. The molecule has 8 nitrogen and oxygen atoms in total. The van der Waals surface area contributed by atoms with Gasteiger partial charge < -0.3 is 20.0 Å². The van der Waals surface area contributed by atoms with Crippen LogP contribution in [0.1, 0.15) is 45.4 Å². The van der Waals surface area contributed by atoms with Gasteiger partial charge in [0, 0.05) is 63.3 Å². The maximum Gasteiger partial charge on any atom is 0.416 e. The van der Waals surface area contributed by atoms with Gasteiger partial charge in [-0.15, -0.1) is 11.3 Å². The summed E-state index contributed by atoms with van der Waals surface area (Å²) in [5.41, 5.74) is 0.144. The molecule has 2 aliphatic rings. The number of carbonyl (C=O) groups excluding carboxylic acids is 2. The van der Waals surface area contributed by atoms with E-state index in [1.165, 1.54) is 23.5 Å². The van der Waals surface area contributed by atoms with Crippen molar-refractivity contribution in [2.24, 2.45) is 0 Å². The summed E-state index contributed by atoms with van der Waals surface area (Å²) in [5.74, 6) is 0.743. The van der Waals surface area contributed by atoms with Crippen LogP contribution >= 0.6 is 11.3 Å². The fourth-order valence-electron chi connectivity index (χ4n) is 4.85. The van der Waals surface area contributed by atoms with Crippen molar-refractivity contribution in [3.63, 3.8) is 0 Å². The van der Waals surface area contributed by atoms with Crippen LogP contribution in [0, 0.1) is 0 Å². The number of piperazine rings is 1. The molecule has 4 heterocycles. The number of benzene rings is 1. The number of pyridine rings is 1. The summed E-state index contributed by atoms with van der Waals surface area (Å²) in [6.45, 7) is 4.21. The smallest absolute Gasteiger partial charge is 0.353 e. The molecule has 0 atom stereocenters. The Bertz CT molecular complexity index is 1270. The van der Waals surface area contributed by atoms with Crippen LogP contribution in [0.5, 0.6) is 0 Å². The minimum atomic E-state index is -4.39. The first-order chi connectivity index (χ1) is 18.8. The van der Waals surface area contributed by atoms with Crippen LogP contribution in [0.3, 0.4) is 0 Å². The number of hydrogen-bond donors (Lipinski definition) is 1. The number of nitrogens with zero attached hydrogens (tertiary/aromatic N) is 5. The van der Waals surface area contributed by atoms with E-state index < -0.39 is 11.7 Å². The highest BCUT2D eigenvalue weighted by molar-refractivity contribution is 7.09. The number of hydrogen-bond acceptors (Lipinski definition) is 6. The number of anilines is 1. The molecule has 0 aliphatic carbocycles. The average molecular weight is 559 g/mol. The molecule has 1 N–H and O–H groups in total. The van der Waals surface area contributed by atoms with Crippen molar-refractivity contribution in [3.8, 4) is 0 Å². The van der Waals surface area contributed by atoms with Gasteiger partial charge in [-0.3, -0.25) is 4.79 Å². The third-order valence-corrected chi connectivity index (χ3v) is 8.13. The second-order valence-corrected chi connectivity index (χ2v) is 10.5. The molecule has 39 heavy (non-hydrogen) atoms. The fourth-order valence-corrected chi connectivity index (χ4v) is 5.82. The molecule has 12 heteroatoms. The van der Waals surface area contributed by atoms with Gasteiger partial charge in [-0.05, 0) is 42.7 Å². The van der Waals surface area contributed by atoms with Crippen molar-refractivity contribution in [1.29, 1.82) is 0 Å². The lowest BCUT2D eigenvalue weighted by Gasteiger charge is -2.39. The summed E-state index contributed by atoms with van der Waals surface area (Å²) in [6.07, 6.45) is -1.06. The molecule has 0 unspecified atom stereocenters. The van der Waals surface area contributed by atoms with E-state index in [0.29, 0.717) is 37.4 Å². The summed E-state index contributed by atoms with van der Waals surface area (Å²) in [6, 6.07) is 10.6. The van der Waals surface area contributed by atoms with Crippen LogP contribution in [0.15, 0.2) is 54.0 Å². The Labute approximate surface area is 228 Å². The Morgan fingerprint density at radius 3 is 2.28 bits per heavy atom. The highest BCUT2D eigenvalue weighted by Gasteiger charge is 2.31. The lowest BCUT2D eigenvalue weighted by atomic mass is 9.98. The van der Waals surface area contributed by atoms with Gasteiger partial charge in [0.15, 0.2) is 0 Å². The molecule has 0 spiro atoms. The zero-order chi connectivity index (χ0) is 27.4. The van der Waals surface area contributed by atoms with E-state index in [1.54, 1.807) is 11.6 Å². The highest BCUT2D eigenvalue weighted by atomic mass is 32.1. The zero-order valence-electron chi connectivity index (χ0n) is 21.2. The molecule has 5 rings (SSSR count). The van der Waals surface area contributed by atoms with Gasteiger partial charge in [0.05, 0.1) is 10.6 Å². The standard InChI is InChI=1S/C27H29F3N6O2S/c28-27(29,30)21-6-4-19(5-7-21)17-32-24(37)22-18-39-25(33-22)20-8-11-35(12-9-20)26(38)36-15-13-34(14-16-36)23-3-1-2-10-31-23/h1-7,10,18,20H,8-9,11-17H2,(H,32,37). The van der Waals surface area contributed by atoms with E-state index in [0.717, 1.165) is 48.9 Å². The van der Waals surface area contributed by atoms with Gasteiger partial charge in [0.25, 0.3) is 5.91 Å². The number of thiazole rings is 1. The van der Waals surface area contributed by atoms with E-state index >= 15 is 0 Å². The number of amides is 3. The molecular formula is C27H29F3N6O2S. The van der Waals surface area contributed by atoms with Crippen LogP contribution in [-0.2, 0) is 12.7 Å². The van der Waals surface area contributed by atoms with Crippen LogP contribution in [0.2, 0.25) is 0 Å². The highest BCUT2D eigenvalue weighted by Crippen LogP contribution is 2.31. The van der Waals surface area contributed by atoms with E-state index in [9.17, 15) is 22.8 Å². The second kappa shape index (κ2) is 11.6.